The summed E-state index contributed by atoms with van der Waals surface area (Å²) >= 11 is 0. The number of hydrogen-bond donors (Lipinski definition) is 7. The second-order valence-corrected chi connectivity index (χ2v) is 4.09. The quantitative estimate of drug-likeness (QED) is 0.139. The molecule has 0 bridgehead atoms. The van der Waals surface area contributed by atoms with Crippen LogP contribution in [0.5, 0.6) is 0 Å². The lowest BCUT2D eigenvalue weighted by Gasteiger charge is -2.16. The largest absolute Gasteiger partial charge is 0.481 e. The lowest BCUT2D eigenvalue weighted by molar-refractivity contribution is -0.147. The Morgan fingerprint density at radius 2 is 1.85 bits per heavy atom. The SMILES string of the molecule is N=C(N)NCCC[C@H](N)C(=O)N[C@@H](CC(=O)O)C(=O)O. The molecule has 0 rings (SSSR count). The van der Waals surface area contributed by atoms with Crippen LogP contribution >= 0.6 is 0 Å². The maximum atomic E-state index is 11.6. The number of carboxylic acid groups (broad SMARTS) is 2. The van der Waals surface area contributed by atoms with Crippen molar-refractivity contribution in [1.82, 2.24) is 10.6 Å². The average Bonchev–Trinajstić information content (AvgIpc) is 2.32. The minimum atomic E-state index is -1.51. The molecule has 0 aromatic heterocycles. The predicted octanol–water partition coefficient (Wildman–Crippen LogP) is -2.38. The Labute approximate surface area is 115 Å². The molecule has 0 aliphatic rings. The van der Waals surface area contributed by atoms with E-state index in [9.17, 15) is 14.4 Å². The van der Waals surface area contributed by atoms with Crippen LogP contribution in [0.3, 0.4) is 0 Å². The fourth-order valence-electron chi connectivity index (χ4n) is 1.33. The summed E-state index contributed by atoms with van der Waals surface area (Å²) in [4.78, 5) is 32.8. The fourth-order valence-corrected chi connectivity index (χ4v) is 1.33. The first-order valence-corrected chi connectivity index (χ1v) is 5.82. The van der Waals surface area contributed by atoms with E-state index in [0.717, 1.165) is 0 Å². The van der Waals surface area contributed by atoms with Gasteiger partial charge in [0, 0.05) is 6.54 Å². The van der Waals surface area contributed by atoms with Crippen LogP contribution in [0.1, 0.15) is 19.3 Å². The van der Waals surface area contributed by atoms with Crippen LogP contribution < -0.4 is 22.1 Å². The summed E-state index contributed by atoms with van der Waals surface area (Å²) in [5, 5.41) is 28.8. The molecule has 9 N–H and O–H groups in total. The van der Waals surface area contributed by atoms with Crippen LogP contribution in [0, 0.1) is 5.41 Å². The first kappa shape index (κ1) is 17.6. The molecule has 0 saturated carbocycles. The van der Waals surface area contributed by atoms with Crippen molar-refractivity contribution in [3.05, 3.63) is 0 Å². The Kier molecular flexibility index (Phi) is 7.67. The first-order chi connectivity index (χ1) is 9.23. The zero-order valence-corrected chi connectivity index (χ0v) is 10.8. The molecule has 10 nitrogen and oxygen atoms in total. The molecule has 114 valence electrons. The van der Waals surface area contributed by atoms with Crippen molar-refractivity contribution in [2.45, 2.75) is 31.3 Å². The predicted molar refractivity (Wildman–Crippen MR) is 68.9 cm³/mol. The number of guanidine groups is 1. The van der Waals surface area contributed by atoms with Gasteiger partial charge in [0.1, 0.15) is 6.04 Å². The first-order valence-electron chi connectivity index (χ1n) is 5.82. The van der Waals surface area contributed by atoms with E-state index in [1.54, 1.807) is 0 Å². The molecule has 10 heteroatoms. The fraction of sp³-hybridized carbons (Fsp3) is 0.600. The molecular weight excluding hydrogens is 270 g/mol. The Morgan fingerprint density at radius 3 is 2.30 bits per heavy atom. The molecule has 1 amide bonds. The van der Waals surface area contributed by atoms with Crippen molar-refractivity contribution in [2.24, 2.45) is 11.5 Å². The van der Waals surface area contributed by atoms with Crippen LogP contribution in [0.25, 0.3) is 0 Å². The van der Waals surface area contributed by atoms with Gasteiger partial charge < -0.3 is 32.3 Å². The molecule has 0 saturated heterocycles. The molecule has 0 heterocycles. The number of rotatable bonds is 9. The minimum absolute atomic E-state index is 0.199. The molecule has 0 fully saturated rings. The number of aliphatic carboxylic acids is 2. The maximum Gasteiger partial charge on any atom is 0.326 e. The lowest BCUT2D eigenvalue weighted by Crippen LogP contribution is -2.49. The molecule has 20 heavy (non-hydrogen) atoms. The third-order valence-electron chi connectivity index (χ3n) is 2.34. The van der Waals surface area contributed by atoms with Crippen molar-refractivity contribution in [2.75, 3.05) is 6.54 Å². The Bertz CT molecular complexity index is 386. The van der Waals surface area contributed by atoms with Crippen LogP contribution in [-0.4, -0.2) is 52.6 Å². The summed E-state index contributed by atoms with van der Waals surface area (Å²) in [5.74, 6) is -3.71. The summed E-state index contributed by atoms with van der Waals surface area (Å²) < 4.78 is 0. The Balaban J connectivity index is 4.18. The monoisotopic (exact) mass is 289 g/mol. The summed E-state index contributed by atoms with van der Waals surface area (Å²) in [5.41, 5.74) is 10.6. The van der Waals surface area contributed by atoms with Crippen LogP contribution in [0.2, 0.25) is 0 Å². The molecule has 0 aromatic rings. The summed E-state index contributed by atoms with van der Waals surface area (Å²) in [6, 6.07) is -2.47. The third-order valence-corrected chi connectivity index (χ3v) is 2.34. The zero-order chi connectivity index (χ0) is 15.7. The lowest BCUT2D eigenvalue weighted by atomic mass is 10.1. The van der Waals surface area contributed by atoms with Gasteiger partial charge in [0.15, 0.2) is 5.96 Å². The number of amides is 1. The summed E-state index contributed by atoms with van der Waals surface area (Å²) in [7, 11) is 0. The van der Waals surface area contributed by atoms with E-state index >= 15 is 0 Å². The smallest absolute Gasteiger partial charge is 0.326 e. The minimum Gasteiger partial charge on any atom is -0.481 e. The second-order valence-electron chi connectivity index (χ2n) is 4.09. The summed E-state index contributed by atoms with van der Waals surface area (Å²) in [6.07, 6.45) is -0.0317. The number of nitrogens with one attached hydrogen (secondary N) is 3. The number of carbonyl (C=O) groups excluding carboxylic acids is 1. The van der Waals surface area contributed by atoms with Gasteiger partial charge in [0.2, 0.25) is 5.91 Å². The van der Waals surface area contributed by atoms with E-state index in [1.807, 2.05) is 0 Å². The van der Waals surface area contributed by atoms with Gasteiger partial charge >= 0.3 is 11.9 Å². The molecule has 0 aromatic carbocycles. The van der Waals surface area contributed by atoms with Crippen molar-refractivity contribution in [3.63, 3.8) is 0 Å². The van der Waals surface area contributed by atoms with Gasteiger partial charge in [-0.1, -0.05) is 0 Å². The molecule has 0 unspecified atom stereocenters. The van der Waals surface area contributed by atoms with Gasteiger partial charge in [0.25, 0.3) is 0 Å². The summed E-state index contributed by atoms with van der Waals surface area (Å²) in [6.45, 7) is 0.355. The highest BCUT2D eigenvalue weighted by atomic mass is 16.4. The molecular formula is C10H19N5O5. The molecule has 0 radical (unpaired) electrons. The van der Waals surface area contributed by atoms with Crippen molar-refractivity contribution in [1.29, 1.82) is 5.41 Å². The van der Waals surface area contributed by atoms with E-state index in [1.165, 1.54) is 0 Å². The van der Waals surface area contributed by atoms with Crippen LogP contribution in [0.15, 0.2) is 0 Å². The molecule has 0 aliphatic carbocycles. The Hall–Kier alpha value is -2.36. The topological polar surface area (TPSA) is 192 Å². The van der Waals surface area contributed by atoms with Gasteiger partial charge in [-0.05, 0) is 12.8 Å². The van der Waals surface area contributed by atoms with Gasteiger partial charge in [-0.3, -0.25) is 15.0 Å². The number of carbonyl (C=O) groups is 3. The van der Waals surface area contributed by atoms with Gasteiger partial charge in [-0.2, -0.15) is 0 Å². The second kappa shape index (κ2) is 8.69. The third kappa shape index (κ3) is 7.87. The van der Waals surface area contributed by atoms with Crippen molar-refractivity contribution in [3.8, 4) is 0 Å². The average molecular weight is 289 g/mol. The van der Waals surface area contributed by atoms with Gasteiger partial charge in [-0.25, -0.2) is 4.79 Å². The molecule has 2 atom stereocenters. The van der Waals surface area contributed by atoms with Gasteiger partial charge in [0.05, 0.1) is 12.5 Å². The van der Waals surface area contributed by atoms with E-state index in [4.69, 9.17) is 27.1 Å². The number of hydrogen-bond acceptors (Lipinski definition) is 5. The van der Waals surface area contributed by atoms with E-state index in [-0.39, 0.29) is 12.4 Å². The van der Waals surface area contributed by atoms with E-state index < -0.39 is 36.4 Å². The molecule has 0 aliphatic heterocycles. The molecule has 0 spiro atoms. The standard InChI is InChI=1S/C10H19N5O5/c11-5(2-1-3-14-10(12)13)8(18)15-6(9(19)20)4-7(16)17/h5-6H,1-4,11H2,(H,15,18)(H,16,17)(H,19,20)(H4,12,13,14)/t5-,6-/m0/s1. The van der Waals surface area contributed by atoms with E-state index in [2.05, 4.69) is 10.6 Å². The normalized spacial score (nSPS) is 13.1. The highest BCUT2D eigenvalue weighted by molar-refractivity contribution is 5.89. The van der Waals surface area contributed by atoms with Crippen molar-refractivity contribution >= 4 is 23.8 Å². The van der Waals surface area contributed by atoms with Gasteiger partial charge in [-0.15, -0.1) is 0 Å². The maximum absolute atomic E-state index is 11.6. The Morgan fingerprint density at radius 1 is 1.25 bits per heavy atom. The van der Waals surface area contributed by atoms with Crippen molar-refractivity contribution < 1.29 is 24.6 Å². The van der Waals surface area contributed by atoms with Crippen LogP contribution in [-0.2, 0) is 14.4 Å². The number of carboxylic acids is 2. The highest BCUT2D eigenvalue weighted by Gasteiger charge is 2.25. The highest BCUT2D eigenvalue weighted by Crippen LogP contribution is 1.98. The van der Waals surface area contributed by atoms with E-state index in [0.29, 0.717) is 13.0 Å². The zero-order valence-electron chi connectivity index (χ0n) is 10.8. The van der Waals surface area contributed by atoms with Crippen LogP contribution in [0.4, 0.5) is 0 Å². The number of nitrogens with two attached hydrogens (primary N) is 2.